The summed E-state index contributed by atoms with van der Waals surface area (Å²) in [6, 6.07) is 17.6. The van der Waals surface area contributed by atoms with Crippen LogP contribution in [-0.4, -0.2) is 47.0 Å². The highest BCUT2D eigenvalue weighted by molar-refractivity contribution is 5.94. The van der Waals surface area contributed by atoms with Crippen LogP contribution in [0.2, 0.25) is 0 Å². The Morgan fingerprint density at radius 1 is 1.03 bits per heavy atom. The van der Waals surface area contributed by atoms with Crippen molar-refractivity contribution < 1.29 is 4.79 Å². The van der Waals surface area contributed by atoms with Gasteiger partial charge in [-0.05, 0) is 42.8 Å². The second kappa shape index (κ2) is 8.62. The summed E-state index contributed by atoms with van der Waals surface area (Å²) in [5.41, 5.74) is 4.17. The normalized spacial score (nSPS) is 13.6. The number of aromatic nitrogens is 2. The minimum Gasteiger partial charge on any atom is -0.368 e. The van der Waals surface area contributed by atoms with Crippen molar-refractivity contribution in [2.24, 2.45) is 0 Å². The Morgan fingerprint density at radius 3 is 2.47 bits per heavy atom. The molecular weight excluding hydrogens is 376 g/mol. The largest absolute Gasteiger partial charge is 0.368 e. The first kappa shape index (κ1) is 19.4. The molecule has 7 heteroatoms. The molecule has 30 heavy (non-hydrogen) atoms. The zero-order valence-electron chi connectivity index (χ0n) is 16.7. The van der Waals surface area contributed by atoms with Gasteiger partial charge in [0.2, 0.25) is 5.95 Å². The summed E-state index contributed by atoms with van der Waals surface area (Å²) in [6.45, 7) is 5.00. The van der Waals surface area contributed by atoms with E-state index in [1.165, 1.54) is 11.3 Å². The van der Waals surface area contributed by atoms with Crippen molar-refractivity contribution in [3.8, 4) is 6.07 Å². The van der Waals surface area contributed by atoms with Gasteiger partial charge in [0.05, 0.1) is 17.2 Å². The van der Waals surface area contributed by atoms with Gasteiger partial charge in [0.25, 0.3) is 5.91 Å². The summed E-state index contributed by atoms with van der Waals surface area (Å²) in [4.78, 5) is 25.5. The Bertz CT molecular complexity index is 1080. The lowest BCUT2D eigenvalue weighted by Gasteiger charge is -2.36. The van der Waals surface area contributed by atoms with E-state index in [2.05, 4.69) is 57.4 Å². The molecule has 0 radical (unpaired) electrons. The van der Waals surface area contributed by atoms with E-state index < -0.39 is 0 Å². The van der Waals surface area contributed by atoms with Crippen molar-refractivity contribution in [3.63, 3.8) is 0 Å². The fraction of sp³-hybridized carbons (Fsp3) is 0.217. The number of piperazine rings is 1. The quantitative estimate of drug-likeness (QED) is 0.725. The molecule has 3 aromatic rings. The smallest absolute Gasteiger partial charge is 0.257 e. The maximum atomic E-state index is 12.8. The number of benzene rings is 2. The van der Waals surface area contributed by atoms with Crippen LogP contribution in [0.5, 0.6) is 0 Å². The lowest BCUT2D eigenvalue weighted by molar-refractivity contribution is 0.0746. The Balaban J connectivity index is 1.36. The monoisotopic (exact) mass is 398 g/mol. The second-order valence-electron chi connectivity index (χ2n) is 7.23. The van der Waals surface area contributed by atoms with Crippen molar-refractivity contribution in [1.29, 1.82) is 5.26 Å². The molecule has 1 aromatic heterocycles. The molecule has 4 rings (SSSR count). The first-order chi connectivity index (χ1) is 14.6. The number of nitrogens with one attached hydrogen (secondary N) is 1. The van der Waals surface area contributed by atoms with Gasteiger partial charge in [0.15, 0.2) is 0 Å². The topological polar surface area (TPSA) is 85.1 Å². The lowest BCUT2D eigenvalue weighted by Crippen LogP contribution is -2.48. The van der Waals surface area contributed by atoms with Gasteiger partial charge in [-0.1, -0.05) is 18.2 Å². The third kappa shape index (κ3) is 4.39. The van der Waals surface area contributed by atoms with Crippen molar-refractivity contribution >= 4 is 23.2 Å². The lowest BCUT2D eigenvalue weighted by atomic mass is 10.2. The zero-order chi connectivity index (χ0) is 20.9. The van der Waals surface area contributed by atoms with Gasteiger partial charge in [-0.3, -0.25) is 4.79 Å². The van der Waals surface area contributed by atoms with Crippen LogP contribution in [0.3, 0.4) is 0 Å². The molecule has 1 aliphatic heterocycles. The first-order valence-corrected chi connectivity index (χ1v) is 9.82. The number of aryl methyl sites for hydroxylation is 1. The van der Waals surface area contributed by atoms with E-state index in [1.807, 2.05) is 11.0 Å². The summed E-state index contributed by atoms with van der Waals surface area (Å²) < 4.78 is 0. The van der Waals surface area contributed by atoms with E-state index in [0.717, 1.165) is 18.8 Å². The van der Waals surface area contributed by atoms with Crippen molar-refractivity contribution in [1.82, 2.24) is 14.9 Å². The molecule has 0 unspecified atom stereocenters. The number of amides is 1. The van der Waals surface area contributed by atoms with Crippen LogP contribution in [0.4, 0.5) is 17.3 Å². The van der Waals surface area contributed by atoms with Crippen LogP contribution in [0, 0.1) is 18.3 Å². The predicted octanol–water partition coefficient (Wildman–Crippen LogP) is 3.36. The van der Waals surface area contributed by atoms with Crippen LogP contribution in [0.25, 0.3) is 0 Å². The van der Waals surface area contributed by atoms with E-state index in [9.17, 15) is 4.79 Å². The van der Waals surface area contributed by atoms with Crippen LogP contribution >= 0.6 is 0 Å². The number of nitriles is 1. The average molecular weight is 398 g/mol. The van der Waals surface area contributed by atoms with Gasteiger partial charge in [0, 0.05) is 49.9 Å². The molecule has 7 nitrogen and oxygen atoms in total. The molecule has 2 aromatic carbocycles. The molecule has 0 spiro atoms. The molecule has 0 saturated carbocycles. The molecule has 150 valence electrons. The van der Waals surface area contributed by atoms with Crippen LogP contribution in [0.15, 0.2) is 60.9 Å². The van der Waals surface area contributed by atoms with E-state index in [4.69, 9.17) is 5.26 Å². The summed E-state index contributed by atoms with van der Waals surface area (Å²) in [5, 5.41) is 12.0. The number of hydrogen-bond acceptors (Lipinski definition) is 6. The fourth-order valence-corrected chi connectivity index (χ4v) is 3.47. The first-order valence-electron chi connectivity index (χ1n) is 9.82. The summed E-state index contributed by atoms with van der Waals surface area (Å²) in [6.07, 6.45) is 3.08. The van der Waals surface area contributed by atoms with Crippen molar-refractivity contribution in [2.75, 3.05) is 36.4 Å². The van der Waals surface area contributed by atoms with Crippen molar-refractivity contribution in [2.45, 2.75) is 6.92 Å². The molecule has 1 aliphatic rings. The third-order valence-corrected chi connectivity index (χ3v) is 5.08. The Labute approximate surface area is 175 Å². The highest BCUT2D eigenvalue weighted by Crippen LogP contribution is 2.19. The van der Waals surface area contributed by atoms with Gasteiger partial charge in [-0.15, -0.1) is 0 Å². The Hall–Kier alpha value is -3.92. The van der Waals surface area contributed by atoms with Gasteiger partial charge in [0.1, 0.15) is 0 Å². The summed E-state index contributed by atoms with van der Waals surface area (Å²) in [7, 11) is 0. The summed E-state index contributed by atoms with van der Waals surface area (Å²) in [5.74, 6) is 0.322. The number of rotatable bonds is 4. The van der Waals surface area contributed by atoms with E-state index >= 15 is 0 Å². The van der Waals surface area contributed by atoms with Crippen molar-refractivity contribution in [3.05, 3.63) is 77.6 Å². The molecule has 0 aliphatic carbocycles. The molecule has 1 fully saturated rings. The average Bonchev–Trinajstić information content (AvgIpc) is 2.79. The maximum Gasteiger partial charge on any atom is 0.257 e. The van der Waals surface area contributed by atoms with Gasteiger partial charge in [-0.2, -0.15) is 5.26 Å². The number of nitrogens with zero attached hydrogens (tertiary/aromatic N) is 5. The maximum absolute atomic E-state index is 12.8. The molecule has 1 N–H and O–H groups in total. The summed E-state index contributed by atoms with van der Waals surface area (Å²) >= 11 is 0. The molecule has 1 saturated heterocycles. The van der Waals surface area contributed by atoms with E-state index in [-0.39, 0.29) is 5.91 Å². The highest BCUT2D eigenvalue weighted by atomic mass is 16.2. The number of anilines is 3. The van der Waals surface area contributed by atoms with E-state index in [0.29, 0.717) is 30.2 Å². The molecule has 2 heterocycles. The van der Waals surface area contributed by atoms with Gasteiger partial charge < -0.3 is 15.1 Å². The highest BCUT2D eigenvalue weighted by Gasteiger charge is 2.23. The molecule has 0 bridgehead atoms. The minimum atomic E-state index is -0.0584. The number of carbonyl (C=O) groups excluding carboxylic acids is 1. The standard InChI is InChI=1S/C23H22N6O/c1-17-4-2-7-21(12-17)28-8-10-29(11-9-28)22(30)19-15-25-23(26-16-19)27-20-6-3-5-18(13-20)14-24/h2-7,12-13,15-16H,8-11H2,1H3,(H,25,26,27). The fourth-order valence-electron chi connectivity index (χ4n) is 3.47. The molecule has 1 amide bonds. The van der Waals surface area contributed by atoms with Crippen LogP contribution in [0.1, 0.15) is 21.5 Å². The molecule has 0 atom stereocenters. The Kier molecular flexibility index (Phi) is 5.57. The molecular formula is C23H22N6O. The zero-order valence-corrected chi connectivity index (χ0v) is 16.7. The Morgan fingerprint density at radius 2 is 1.77 bits per heavy atom. The minimum absolute atomic E-state index is 0.0584. The predicted molar refractivity (Wildman–Crippen MR) is 116 cm³/mol. The van der Waals surface area contributed by atoms with Crippen LogP contribution < -0.4 is 10.2 Å². The second-order valence-corrected chi connectivity index (χ2v) is 7.23. The van der Waals surface area contributed by atoms with Crippen LogP contribution in [-0.2, 0) is 0 Å². The van der Waals surface area contributed by atoms with Gasteiger partial charge >= 0.3 is 0 Å². The van der Waals surface area contributed by atoms with E-state index in [1.54, 1.807) is 30.6 Å². The number of carbonyl (C=O) groups is 1. The third-order valence-electron chi connectivity index (χ3n) is 5.08. The number of hydrogen-bond donors (Lipinski definition) is 1. The SMILES string of the molecule is Cc1cccc(N2CCN(C(=O)c3cnc(Nc4cccc(C#N)c4)nc3)CC2)c1. The van der Waals surface area contributed by atoms with Gasteiger partial charge in [-0.25, -0.2) is 9.97 Å².